The first kappa shape index (κ1) is 21.3. The van der Waals surface area contributed by atoms with E-state index in [0.717, 1.165) is 62.2 Å². The molecule has 0 atom stereocenters. The van der Waals surface area contributed by atoms with E-state index in [1.807, 2.05) is 47.2 Å². The van der Waals surface area contributed by atoms with Crippen LogP contribution in [0.5, 0.6) is 0 Å². The highest BCUT2D eigenvalue weighted by molar-refractivity contribution is 5.59. The maximum absolute atomic E-state index is 4.74. The van der Waals surface area contributed by atoms with Gasteiger partial charge in [0, 0.05) is 62.6 Å². The van der Waals surface area contributed by atoms with E-state index in [9.17, 15) is 0 Å². The number of likely N-dealkylation sites (N-methyl/N-ethyl adjacent to an activating group) is 1. The predicted octanol–water partition coefficient (Wildman–Crippen LogP) is 4.21. The van der Waals surface area contributed by atoms with Crippen LogP contribution in [0.4, 0.5) is 11.6 Å². The molecule has 1 aliphatic rings. The third kappa shape index (κ3) is 5.10. The summed E-state index contributed by atoms with van der Waals surface area (Å²) in [5.74, 6) is 2.19. The summed E-state index contributed by atoms with van der Waals surface area (Å²) < 4.78 is 1.98. The van der Waals surface area contributed by atoms with Crippen molar-refractivity contribution in [1.29, 1.82) is 0 Å². The van der Waals surface area contributed by atoms with Gasteiger partial charge in [0.1, 0.15) is 11.6 Å². The average Bonchev–Trinajstić information content (AvgIpc) is 3.36. The van der Waals surface area contributed by atoms with Gasteiger partial charge in [0.05, 0.1) is 0 Å². The van der Waals surface area contributed by atoms with Crippen LogP contribution in [0.3, 0.4) is 0 Å². The van der Waals surface area contributed by atoms with Gasteiger partial charge in [-0.1, -0.05) is 49.4 Å². The minimum Gasteiger partial charge on any atom is -0.324 e. The van der Waals surface area contributed by atoms with Gasteiger partial charge in [0.2, 0.25) is 5.95 Å². The molecule has 4 aromatic rings. The largest absolute Gasteiger partial charge is 0.324 e. The second kappa shape index (κ2) is 9.94. The molecular weight excluding hydrogens is 410 g/mol. The van der Waals surface area contributed by atoms with Gasteiger partial charge in [-0.3, -0.25) is 9.47 Å². The lowest BCUT2D eigenvalue weighted by Crippen LogP contribution is -2.45. The number of rotatable bonds is 7. The van der Waals surface area contributed by atoms with Crippen LogP contribution in [0.1, 0.15) is 12.5 Å². The molecule has 0 spiro atoms. The van der Waals surface area contributed by atoms with E-state index in [1.165, 1.54) is 5.56 Å². The second-order valence-electron chi connectivity index (χ2n) is 8.26. The lowest BCUT2D eigenvalue weighted by Gasteiger charge is -2.34. The van der Waals surface area contributed by atoms with Gasteiger partial charge < -0.3 is 10.2 Å². The van der Waals surface area contributed by atoms with Crippen molar-refractivity contribution in [2.45, 2.75) is 13.5 Å². The fourth-order valence-electron chi connectivity index (χ4n) is 4.23. The van der Waals surface area contributed by atoms with Crippen molar-refractivity contribution < 1.29 is 0 Å². The Labute approximate surface area is 194 Å². The topological polar surface area (TPSA) is 62.1 Å². The summed E-state index contributed by atoms with van der Waals surface area (Å²) >= 11 is 0. The number of nitrogens with zero attached hydrogens (tertiary/aromatic N) is 6. The van der Waals surface area contributed by atoms with Crippen LogP contribution in [0, 0.1) is 0 Å². The fraction of sp³-hybridized carbons (Fsp3) is 0.269. The summed E-state index contributed by atoms with van der Waals surface area (Å²) in [6.07, 6.45) is 5.49. The predicted molar refractivity (Wildman–Crippen MR) is 132 cm³/mol. The number of aromatic nitrogens is 4. The lowest BCUT2D eigenvalue weighted by molar-refractivity contribution is 0.132. The Morgan fingerprint density at radius 1 is 0.848 bits per heavy atom. The molecule has 1 aliphatic heterocycles. The first-order chi connectivity index (χ1) is 16.3. The molecule has 5 rings (SSSR count). The standard InChI is InChI=1S/C26H29N7/c1-2-31-15-17-32(18-16-31)20-21-7-6-10-23(19-21)29-26-28-12-11-24(30-26)33-14-13-27-25(33)22-8-4-3-5-9-22/h3-14,19H,2,15-18,20H2,1H3,(H,28,29,30). The van der Waals surface area contributed by atoms with Gasteiger partial charge in [-0.25, -0.2) is 9.97 Å². The maximum atomic E-state index is 4.74. The minimum absolute atomic E-state index is 0.564. The molecule has 0 saturated carbocycles. The van der Waals surface area contributed by atoms with E-state index in [0.29, 0.717) is 5.95 Å². The molecule has 2 aromatic heterocycles. The Kier molecular flexibility index (Phi) is 6.41. The number of hydrogen-bond donors (Lipinski definition) is 1. The number of benzene rings is 2. The monoisotopic (exact) mass is 439 g/mol. The molecule has 0 amide bonds. The van der Waals surface area contributed by atoms with Gasteiger partial charge in [-0.05, 0) is 30.3 Å². The van der Waals surface area contributed by atoms with Crippen LogP contribution in [0.2, 0.25) is 0 Å². The van der Waals surface area contributed by atoms with Crippen LogP contribution >= 0.6 is 0 Å². The first-order valence-electron chi connectivity index (χ1n) is 11.5. The van der Waals surface area contributed by atoms with Crippen LogP contribution in [-0.4, -0.2) is 62.0 Å². The molecule has 1 fully saturated rings. The molecule has 2 aromatic carbocycles. The Bertz CT molecular complexity index is 1180. The molecule has 7 heteroatoms. The highest BCUT2D eigenvalue weighted by atomic mass is 15.3. The minimum atomic E-state index is 0.564. The van der Waals surface area contributed by atoms with E-state index < -0.39 is 0 Å². The van der Waals surface area contributed by atoms with E-state index >= 15 is 0 Å². The zero-order valence-corrected chi connectivity index (χ0v) is 18.9. The zero-order chi connectivity index (χ0) is 22.5. The van der Waals surface area contributed by atoms with E-state index in [-0.39, 0.29) is 0 Å². The molecule has 1 N–H and O–H groups in total. The molecule has 7 nitrogen and oxygen atoms in total. The second-order valence-corrected chi connectivity index (χ2v) is 8.26. The lowest BCUT2D eigenvalue weighted by atomic mass is 10.1. The fourth-order valence-corrected chi connectivity index (χ4v) is 4.23. The number of hydrogen-bond acceptors (Lipinski definition) is 6. The van der Waals surface area contributed by atoms with Gasteiger partial charge in [0.15, 0.2) is 0 Å². The molecule has 0 bridgehead atoms. The zero-order valence-electron chi connectivity index (χ0n) is 18.9. The normalized spacial score (nSPS) is 14.9. The summed E-state index contributed by atoms with van der Waals surface area (Å²) in [6, 6.07) is 20.5. The molecule has 33 heavy (non-hydrogen) atoms. The average molecular weight is 440 g/mol. The van der Waals surface area contributed by atoms with Crippen molar-refractivity contribution in [2.75, 3.05) is 38.0 Å². The van der Waals surface area contributed by atoms with Gasteiger partial charge in [-0.2, -0.15) is 4.98 Å². The summed E-state index contributed by atoms with van der Waals surface area (Å²) in [4.78, 5) is 18.7. The summed E-state index contributed by atoms with van der Waals surface area (Å²) in [7, 11) is 0. The highest BCUT2D eigenvalue weighted by Gasteiger charge is 2.15. The van der Waals surface area contributed by atoms with Crippen molar-refractivity contribution in [3.63, 3.8) is 0 Å². The Hall–Kier alpha value is -3.55. The number of anilines is 2. The molecule has 1 saturated heterocycles. The van der Waals surface area contributed by atoms with Crippen LogP contribution in [0.15, 0.2) is 79.3 Å². The van der Waals surface area contributed by atoms with E-state index in [1.54, 1.807) is 12.4 Å². The molecule has 0 aliphatic carbocycles. The summed E-state index contributed by atoms with van der Waals surface area (Å²) in [5, 5.41) is 3.38. The summed E-state index contributed by atoms with van der Waals surface area (Å²) in [5.41, 5.74) is 3.33. The maximum Gasteiger partial charge on any atom is 0.229 e. The molecule has 168 valence electrons. The Morgan fingerprint density at radius 3 is 2.48 bits per heavy atom. The summed E-state index contributed by atoms with van der Waals surface area (Å²) in [6.45, 7) is 8.86. The van der Waals surface area contributed by atoms with E-state index in [4.69, 9.17) is 4.98 Å². The first-order valence-corrected chi connectivity index (χ1v) is 11.5. The van der Waals surface area contributed by atoms with Crippen molar-refractivity contribution >= 4 is 11.6 Å². The third-order valence-corrected chi connectivity index (χ3v) is 6.06. The number of piperazine rings is 1. The van der Waals surface area contributed by atoms with Gasteiger partial charge >= 0.3 is 0 Å². The van der Waals surface area contributed by atoms with Crippen molar-refractivity contribution in [2.24, 2.45) is 0 Å². The molecule has 0 radical (unpaired) electrons. The van der Waals surface area contributed by atoms with Crippen LogP contribution in [-0.2, 0) is 6.54 Å². The molecular formula is C26H29N7. The third-order valence-electron chi connectivity index (χ3n) is 6.06. The SMILES string of the molecule is CCN1CCN(Cc2cccc(Nc3nccc(-n4ccnc4-c4ccccc4)n3)c2)CC1. The van der Waals surface area contributed by atoms with Crippen molar-refractivity contribution in [3.8, 4) is 17.2 Å². The number of nitrogens with one attached hydrogen (secondary N) is 1. The molecule has 0 unspecified atom stereocenters. The Morgan fingerprint density at radius 2 is 1.67 bits per heavy atom. The van der Waals surface area contributed by atoms with E-state index in [2.05, 4.69) is 56.3 Å². The number of imidazole rings is 1. The Balaban J connectivity index is 1.30. The smallest absolute Gasteiger partial charge is 0.229 e. The van der Waals surface area contributed by atoms with Gasteiger partial charge in [0.25, 0.3) is 0 Å². The highest BCUT2D eigenvalue weighted by Crippen LogP contribution is 2.22. The van der Waals surface area contributed by atoms with Crippen molar-refractivity contribution in [1.82, 2.24) is 29.3 Å². The van der Waals surface area contributed by atoms with Crippen molar-refractivity contribution in [3.05, 3.63) is 84.8 Å². The van der Waals surface area contributed by atoms with Crippen LogP contribution < -0.4 is 5.32 Å². The molecule has 3 heterocycles. The van der Waals surface area contributed by atoms with Gasteiger partial charge in [-0.15, -0.1) is 0 Å². The van der Waals surface area contributed by atoms with Crippen LogP contribution in [0.25, 0.3) is 17.2 Å². The quantitative estimate of drug-likeness (QED) is 0.465.